The highest BCUT2D eigenvalue weighted by Gasteiger charge is 2.32. The summed E-state index contributed by atoms with van der Waals surface area (Å²) in [7, 11) is 3.88. The van der Waals surface area contributed by atoms with Crippen LogP contribution in [0.3, 0.4) is 0 Å². The number of rotatable bonds is 4. The highest BCUT2D eigenvalue weighted by atomic mass is 16.5. The topological polar surface area (TPSA) is 30.3 Å². The summed E-state index contributed by atoms with van der Waals surface area (Å²) in [6, 6.07) is 0. The molecule has 0 N–H and O–H groups in total. The Morgan fingerprint density at radius 1 is 1.47 bits per heavy atom. The van der Waals surface area contributed by atoms with Gasteiger partial charge in [-0.15, -0.1) is 0 Å². The molecule has 1 aromatic rings. The van der Waals surface area contributed by atoms with Crippen molar-refractivity contribution in [1.82, 2.24) is 14.5 Å². The maximum Gasteiger partial charge on any atom is 0.0949 e. The summed E-state index contributed by atoms with van der Waals surface area (Å²) in [4.78, 5) is 7.08. The number of imidazole rings is 1. The molecular weight excluding hydrogens is 214 g/mol. The van der Waals surface area contributed by atoms with Crippen molar-refractivity contribution >= 4 is 0 Å². The number of hydrogen-bond donors (Lipinski definition) is 0. The van der Waals surface area contributed by atoms with Gasteiger partial charge < -0.3 is 9.30 Å². The summed E-state index contributed by atoms with van der Waals surface area (Å²) >= 11 is 0. The third-order valence-electron chi connectivity index (χ3n) is 3.88. The number of fused-ring (bicyclic) bond motifs is 1. The molecule has 0 saturated heterocycles. The maximum atomic E-state index is 5.36. The lowest BCUT2D eigenvalue weighted by atomic mass is 9.99. The number of methoxy groups -OCH3 is 1. The first-order valence-corrected chi connectivity index (χ1v) is 6.49. The molecule has 1 unspecified atom stereocenters. The van der Waals surface area contributed by atoms with Gasteiger partial charge in [0.1, 0.15) is 0 Å². The van der Waals surface area contributed by atoms with Gasteiger partial charge in [0.2, 0.25) is 0 Å². The van der Waals surface area contributed by atoms with E-state index in [1.807, 2.05) is 6.33 Å². The van der Waals surface area contributed by atoms with E-state index in [9.17, 15) is 0 Å². The van der Waals surface area contributed by atoms with Crippen molar-refractivity contribution < 1.29 is 4.74 Å². The standard InChI is InChI=1S/C13H21N3O/c1-15-9-14-12-7-16(5-10-3-4-10)6-11(8-17-2)13(12)15/h9-11H,3-8H2,1-2H3. The lowest BCUT2D eigenvalue weighted by Crippen LogP contribution is -2.37. The van der Waals surface area contributed by atoms with E-state index in [0.29, 0.717) is 5.92 Å². The van der Waals surface area contributed by atoms with Crippen LogP contribution in [0.5, 0.6) is 0 Å². The molecule has 0 radical (unpaired) electrons. The van der Waals surface area contributed by atoms with Crippen LogP contribution in [-0.2, 0) is 18.3 Å². The molecular formula is C13H21N3O. The maximum absolute atomic E-state index is 5.36. The van der Waals surface area contributed by atoms with Gasteiger partial charge in [0.15, 0.2) is 0 Å². The molecule has 1 aliphatic heterocycles. The second kappa shape index (κ2) is 4.42. The second-order valence-electron chi connectivity index (χ2n) is 5.48. The average molecular weight is 235 g/mol. The van der Waals surface area contributed by atoms with Crippen molar-refractivity contribution in [3.05, 3.63) is 17.7 Å². The highest BCUT2D eigenvalue weighted by molar-refractivity contribution is 5.21. The number of aromatic nitrogens is 2. The molecule has 4 nitrogen and oxygen atoms in total. The fraction of sp³-hybridized carbons (Fsp3) is 0.769. The van der Waals surface area contributed by atoms with E-state index < -0.39 is 0 Å². The molecule has 4 heteroatoms. The number of nitrogens with zero attached hydrogens (tertiary/aromatic N) is 3. The Balaban J connectivity index is 1.79. The Morgan fingerprint density at radius 3 is 3.00 bits per heavy atom. The summed E-state index contributed by atoms with van der Waals surface area (Å²) in [5.74, 6) is 1.43. The molecule has 0 amide bonds. The molecule has 1 aliphatic carbocycles. The molecule has 0 aromatic carbocycles. The van der Waals surface area contributed by atoms with Crippen molar-refractivity contribution in [3.8, 4) is 0 Å². The van der Waals surface area contributed by atoms with Crippen molar-refractivity contribution in [2.24, 2.45) is 13.0 Å². The van der Waals surface area contributed by atoms with Crippen LogP contribution in [0.2, 0.25) is 0 Å². The Bertz CT molecular complexity index is 397. The van der Waals surface area contributed by atoms with Crippen LogP contribution in [0.1, 0.15) is 30.1 Å². The van der Waals surface area contributed by atoms with E-state index in [4.69, 9.17) is 4.74 Å². The largest absolute Gasteiger partial charge is 0.384 e. The van der Waals surface area contributed by atoms with Crippen molar-refractivity contribution in [1.29, 1.82) is 0 Å². The zero-order valence-corrected chi connectivity index (χ0v) is 10.7. The first-order chi connectivity index (χ1) is 8.28. The summed E-state index contributed by atoms with van der Waals surface area (Å²) in [6.07, 6.45) is 4.77. The third kappa shape index (κ3) is 2.24. The van der Waals surface area contributed by atoms with Gasteiger partial charge in [-0.05, 0) is 18.8 Å². The second-order valence-corrected chi connectivity index (χ2v) is 5.48. The van der Waals surface area contributed by atoms with Gasteiger partial charge in [-0.3, -0.25) is 4.90 Å². The molecule has 0 bridgehead atoms. The Hall–Kier alpha value is -0.870. The molecule has 0 spiro atoms. The number of hydrogen-bond acceptors (Lipinski definition) is 3. The molecule has 1 aromatic heterocycles. The summed E-state index contributed by atoms with van der Waals surface area (Å²) in [5.41, 5.74) is 2.63. The predicted octanol–water partition coefficient (Wildman–Crippen LogP) is 1.38. The highest BCUT2D eigenvalue weighted by Crippen LogP contribution is 2.33. The van der Waals surface area contributed by atoms with Crippen LogP contribution >= 0.6 is 0 Å². The first-order valence-electron chi connectivity index (χ1n) is 6.49. The molecule has 17 heavy (non-hydrogen) atoms. The van der Waals surface area contributed by atoms with Crippen LogP contribution < -0.4 is 0 Å². The molecule has 94 valence electrons. The van der Waals surface area contributed by atoms with Crippen LogP contribution in [0.4, 0.5) is 0 Å². The molecule has 1 atom stereocenters. The smallest absolute Gasteiger partial charge is 0.0949 e. The average Bonchev–Trinajstić information content (AvgIpc) is 3.03. The normalized spacial score (nSPS) is 24.9. The van der Waals surface area contributed by atoms with E-state index in [-0.39, 0.29) is 0 Å². The van der Waals surface area contributed by atoms with Crippen molar-refractivity contribution in [2.75, 3.05) is 26.8 Å². The van der Waals surface area contributed by atoms with E-state index in [2.05, 4.69) is 21.5 Å². The van der Waals surface area contributed by atoms with Crippen molar-refractivity contribution in [2.45, 2.75) is 25.3 Å². The summed E-state index contributed by atoms with van der Waals surface area (Å²) < 4.78 is 7.52. The van der Waals surface area contributed by atoms with Gasteiger partial charge in [-0.25, -0.2) is 4.98 Å². The predicted molar refractivity (Wildman–Crippen MR) is 65.8 cm³/mol. The van der Waals surface area contributed by atoms with Gasteiger partial charge in [0.05, 0.1) is 18.6 Å². The minimum Gasteiger partial charge on any atom is -0.384 e. The quantitative estimate of drug-likeness (QED) is 0.789. The zero-order valence-electron chi connectivity index (χ0n) is 10.7. The third-order valence-corrected chi connectivity index (χ3v) is 3.88. The Labute approximate surface area is 103 Å². The van der Waals surface area contributed by atoms with Gasteiger partial charge in [0, 0.05) is 45.4 Å². The molecule has 3 rings (SSSR count). The molecule has 2 aliphatic rings. The van der Waals surface area contributed by atoms with Gasteiger partial charge in [-0.2, -0.15) is 0 Å². The van der Waals surface area contributed by atoms with Gasteiger partial charge >= 0.3 is 0 Å². The first kappa shape index (κ1) is 11.2. The van der Waals surface area contributed by atoms with Crippen LogP contribution in [-0.4, -0.2) is 41.3 Å². The molecule has 2 heterocycles. The minimum absolute atomic E-state index is 0.481. The van der Waals surface area contributed by atoms with Gasteiger partial charge in [-0.1, -0.05) is 0 Å². The van der Waals surface area contributed by atoms with Gasteiger partial charge in [0.25, 0.3) is 0 Å². The lowest BCUT2D eigenvalue weighted by molar-refractivity contribution is 0.133. The summed E-state index contributed by atoms with van der Waals surface area (Å²) in [5, 5.41) is 0. The van der Waals surface area contributed by atoms with Crippen LogP contribution in [0.25, 0.3) is 0 Å². The fourth-order valence-electron chi connectivity index (χ4n) is 2.95. The van der Waals surface area contributed by atoms with E-state index >= 15 is 0 Å². The SMILES string of the molecule is COCC1CN(CC2CC2)Cc2ncn(C)c21. The van der Waals surface area contributed by atoms with Crippen LogP contribution in [0.15, 0.2) is 6.33 Å². The molecule has 1 fully saturated rings. The minimum atomic E-state index is 0.481. The van der Waals surface area contributed by atoms with E-state index in [1.165, 1.54) is 30.8 Å². The number of ether oxygens (including phenoxy) is 1. The Morgan fingerprint density at radius 2 is 2.29 bits per heavy atom. The monoisotopic (exact) mass is 235 g/mol. The zero-order chi connectivity index (χ0) is 11.8. The van der Waals surface area contributed by atoms with Crippen molar-refractivity contribution in [3.63, 3.8) is 0 Å². The van der Waals surface area contributed by atoms with E-state index in [1.54, 1.807) is 7.11 Å². The van der Waals surface area contributed by atoms with E-state index in [0.717, 1.165) is 25.6 Å². The Kier molecular flexibility index (Phi) is 2.92. The van der Waals surface area contributed by atoms with Crippen LogP contribution in [0, 0.1) is 5.92 Å². The fourth-order valence-corrected chi connectivity index (χ4v) is 2.95. The summed E-state index contributed by atoms with van der Waals surface area (Å²) in [6.45, 7) is 4.19. The molecule has 1 saturated carbocycles. The lowest BCUT2D eigenvalue weighted by Gasteiger charge is -2.32. The number of aryl methyl sites for hydroxylation is 1.